The van der Waals surface area contributed by atoms with Crippen molar-refractivity contribution in [1.82, 2.24) is 9.55 Å². The first-order valence-corrected chi connectivity index (χ1v) is 5.60. The molecule has 0 spiro atoms. The average molecular weight is 208 g/mol. The van der Waals surface area contributed by atoms with Gasteiger partial charge in [0.1, 0.15) is 11.6 Å². The molecule has 0 fully saturated rings. The van der Waals surface area contributed by atoms with Crippen LogP contribution in [0.3, 0.4) is 0 Å². The van der Waals surface area contributed by atoms with E-state index in [4.69, 9.17) is 0 Å². The van der Waals surface area contributed by atoms with E-state index in [1.165, 1.54) is 0 Å². The third kappa shape index (κ3) is 3.86. The fourth-order valence-corrected chi connectivity index (χ4v) is 1.51. The summed E-state index contributed by atoms with van der Waals surface area (Å²) in [7, 11) is 2.00. The zero-order valence-electron chi connectivity index (χ0n) is 9.86. The zero-order chi connectivity index (χ0) is 11.3. The van der Waals surface area contributed by atoms with Crippen molar-refractivity contribution in [1.29, 1.82) is 0 Å². The van der Waals surface area contributed by atoms with E-state index in [2.05, 4.69) is 4.98 Å². The molecule has 0 amide bonds. The Labute approximate surface area is 91.5 Å². The molecular formula is C12H20N2O. The zero-order valence-corrected chi connectivity index (χ0v) is 9.86. The maximum atomic E-state index is 11.4. The standard InChI is InChI=1S/C12H20N2O/c1-10(2)11(15)6-4-5-7-12-13-8-9-14(12)3/h8-10H,4-7H2,1-3H3. The van der Waals surface area contributed by atoms with Gasteiger partial charge in [0.2, 0.25) is 0 Å². The number of nitrogens with zero attached hydrogens (tertiary/aromatic N) is 2. The average Bonchev–Trinajstić information content (AvgIpc) is 2.58. The van der Waals surface area contributed by atoms with Crippen molar-refractivity contribution in [2.75, 3.05) is 0 Å². The lowest BCUT2D eigenvalue weighted by Crippen LogP contribution is -2.06. The molecule has 0 aliphatic heterocycles. The number of hydrogen-bond acceptors (Lipinski definition) is 2. The highest BCUT2D eigenvalue weighted by Crippen LogP contribution is 2.07. The number of unbranched alkanes of at least 4 members (excludes halogenated alkanes) is 1. The van der Waals surface area contributed by atoms with Crippen LogP contribution in [0.4, 0.5) is 0 Å². The lowest BCUT2D eigenvalue weighted by Gasteiger charge is -2.04. The van der Waals surface area contributed by atoms with Crippen molar-refractivity contribution in [3.05, 3.63) is 18.2 Å². The molecule has 84 valence electrons. The van der Waals surface area contributed by atoms with Gasteiger partial charge in [-0.2, -0.15) is 0 Å². The largest absolute Gasteiger partial charge is 0.338 e. The maximum Gasteiger partial charge on any atom is 0.135 e. The van der Waals surface area contributed by atoms with Crippen LogP contribution in [0.15, 0.2) is 12.4 Å². The van der Waals surface area contributed by atoms with Gasteiger partial charge >= 0.3 is 0 Å². The Balaban J connectivity index is 2.18. The Kier molecular flexibility index (Phi) is 4.53. The quantitative estimate of drug-likeness (QED) is 0.673. The molecule has 0 aliphatic rings. The number of hydrogen-bond donors (Lipinski definition) is 0. The summed E-state index contributed by atoms with van der Waals surface area (Å²) in [5, 5.41) is 0. The lowest BCUT2D eigenvalue weighted by molar-refractivity contribution is -0.122. The first-order chi connectivity index (χ1) is 7.11. The minimum atomic E-state index is 0.179. The minimum Gasteiger partial charge on any atom is -0.338 e. The molecule has 1 aromatic heterocycles. The Morgan fingerprint density at radius 1 is 1.47 bits per heavy atom. The Morgan fingerprint density at radius 2 is 2.20 bits per heavy atom. The molecule has 3 heteroatoms. The van der Waals surface area contributed by atoms with Crippen LogP contribution in [0.1, 0.15) is 38.9 Å². The van der Waals surface area contributed by atoms with E-state index in [1.54, 1.807) is 0 Å². The topological polar surface area (TPSA) is 34.9 Å². The van der Waals surface area contributed by atoms with Gasteiger partial charge in [0.25, 0.3) is 0 Å². The van der Waals surface area contributed by atoms with Gasteiger partial charge in [0.15, 0.2) is 0 Å². The van der Waals surface area contributed by atoms with Crippen LogP contribution in [0, 0.1) is 5.92 Å². The third-order valence-corrected chi connectivity index (χ3v) is 2.64. The molecule has 0 saturated carbocycles. The number of carbonyl (C=O) groups excluding carboxylic acids is 1. The van der Waals surface area contributed by atoms with Crippen LogP contribution in [-0.2, 0) is 18.3 Å². The van der Waals surface area contributed by atoms with Crippen LogP contribution in [0.25, 0.3) is 0 Å². The molecule has 0 saturated heterocycles. The monoisotopic (exact) mass is 208 g/mol. The number of imidazole rings is 1. The van der Waals surface area contributed by atoms with Crippen LogP contribution in [0.2, 0.25) is 0 Å². The molecule has 1 aromatic rings. The van der Waals surface area contributed by atoms with E-state index < -0.39 is 0 Å². The SMILES string of the molecule is CC(C)C(=O)CCCCc1nccn1C. The van der Waals surface area contributed by atoms with E-state index in [1.807, 2.05) is 37.9 Å². The van der Waals surface area contributed by atoms with Crippen LogP contribution >= 0.6 is 0 Å². The van der Waals surface area contributed by atoms with Crippen molar-refractivity contribution < 1.29 is 4.79 Å². The lowest BCUT2D eigenvalue weighted by atomic mass is 10.0. The number of ketones is 1. The van der Waals surface area contributed by atoms with Gasteiger partial charge in [-0.05, 0) is 12.8 Å². The summed E-state index contributed by atoms with van der Waals surface area (Å²) in [5.41, 5.74) is 0. The predicted octanol–water partition coefficient (Wildman–Crippen LogP) is 2.36. The number of Topliss-reactive ketones (excluding diaryl/α,β-unsaturated/α-hetero) is 1. The number of aromatic nitrogens is 2. The highest BCUT2D eigenvalue weighted by atomic mass is 16.1. The van der Waals surface area contributed by atoms with Crippen molar-refractivity contribution in [3.63, 3.8) is 0 Å². The highest BCUT2D eigenvalue weighted by Gasteiger charge is 2.06. The van der Waals surface area contributed by atoms with Crippen molar-refractivity contribution in [2.24, 2.45) is 13.0 Å². The van der Waals surface area contributed by atoms with E-state index in [-0.39, 0.29) is 5.92 Å². The summed E-state index contributed by atoms with van der Waals surface area (Å²) in [5.74, 6) is 1.65. The smallest absolute Gasteiger partial charge is 0.135 e. The van der Waals surface area contributed by atoms with E-state index >= 15 is 0 Å². The van der Waals surface area contributed by atoms with Crippen molar-refractivity contribution in [3.8, 4) is 0 Å². The fourth-order valence-electron chi connectivity index (χ4n) is 1.51. The van der Waals surface area contributed by atoms with Gasteiger partial charge in [0, 0.05) is 38.2 Å². The van der Waals surface area contributed by atoms with Gasteiger partial charge in [0.05, 0.1) is 0 Å². The predicted molar refractivity (Wildman–Crippen MR) is 60.6 cm³/mol. The molecule has 0 radical (unpaired) electrons. The van der Waals surface area contributed by atoms with E-state index in [0.717, 1.165) is 25.1 Å². The van der Waals surface area contributed by atoms with Gasteiger partial charge in [-0.3, -0.25) is 4.79 Å². The van der Waals surface area contributed by atoms with Gasteiger partial charge in [-0.25, -0.2) is 4.98 Å². The first-order valence-electron chi connectivity index (χ1n) is 5.60. The molecule has 0 bridgehead atoms. The van der Waals surface area contributed by atoms with Gasteiger partial charge in [-0.15, -0.1) is 0 Å². The summed E-state index contributed by atoms with van der Waals surface area (Å²) in [6, 6.07) is 0. The van der Waals surface area contributed by atoms with Crippen LogP contribution in [-0.4, -0.2) is 15.3 Å². The molecule has 0 atom stereocenters. The minimum absolute atomic E-state index is 0.179. The van der Waals surface area contributed by atoms with Gasteiger partial charge in [-0.1, -0.05) is 13.8 Å². The molecular weight excluding hydrogens is 188 g/mol. The third-order valence-electron chi connectivity index (χ3n) is 2.64. The summed E-state index contributed by atoms with van der Waals surface area (Å²) in [4.78, 5) is 15.6. The molecule has 1 heterocycles. The maximum absolute atomic E-state index is 11.4. The highest BCUT2D eigenvalue weighted by molar-refractivity contribution is 5.80. The van der Waals surface area contributed by atoms with Crippen molar-refractivity contribution in [2.45, 2.75) is 39.5 Å². The van der Waals surface area contributed by atoms with Crippen LogP contribution < -0.4 is 0 Å². The number of carbonyl (C=O) groups is 1. The molecule has 0 aromatic carbocycles. The van der Waals surface area contributed by atoms with Crippen molar-refractivity contribution >= 4 is 5.78 Å². The Hall–Kier alpha value is -1.12. The summed E-state index contributed by atoms with van der Waals surface area (Å²) >= 11 is 0. The van der Waals surface area contributed by atoms with Crippen LogP contribution in [0.5, 0.6) is 0 Å². The Morgan fingerprint density at radius 3 is 2.73 bits per heavy atom. The molecule has 0 N–H and O–H groups in total. The second-order valence-electron chi connectivity index (χ2n) is 4.28. The number of rotatable bonds is 6. The first kappa shape index (κ1) is 12.0. The Bertz CT molecular complexity index is 315. The fraction of sp³-hybridized carbons (Fsp3) is 0.667. The van der Waals surface area contributed by atoms with Gasteiger partial charge < -0.3 is 4.57 Å². The molecule has 15 heavy (non-hydrogen) atoms. The molecule has 3 nitrogen and oxygen atoms in total. The normalized spacial score (nSPS) is 10.9. The van der Waals surface area contributed by atoms with E-state index in [0.29, 0.717) is 12.2 Å². The molecule has 0 aliphatic carbocycles. The summed E-state index contributed by atoms with van der Waals surface area (Å²) in [6.45, 7) is 3.92. The molecule has 1 rings (SSSR count). The number of aryl methyl sites for hydroxylation is 2. The second-order valence-corrected chi connectivity index (χ2v) is 4.28. The summed E-state index contributed by atoms with van der Waals surface area (Å²) in [6.07, 6.45) is 7.47. The summed E-state index contributed by atoms with van der Waals surface area (Å²) < 4.78 is 2.03. The second kappa shape index (κ2) is 5.69. The van der Waals surface area contributed by atoms with E-state index in [9.17, 15) is 4.79 Å². The molecule has 0 unspecified atom stereocenters.